The SMILES string of the molecule is O=C(NC1CCCCC1)c1ccc(N2CCCC(C3(C(=O)O)CC3)C2)nc1SC1CCCC1. The molecule has 4 fully saturated rings. The average Bonchev–Trinajstić information content (AvgIpc) is 3.50. The molecule has 2 heterocycles. The zero-order chi connectivity index (χ0) is 22.8. The first kappa shape index (κ1) is 23.0. The number of carbonyl (C=O) groups is 2. The summed E-state index contributed by atoms with van der Waals surface area (Å²) in [6, 6.07) is 4.23. The minimum Gasteiger partial charge on any atom is -0.481 e. The Morgan fingerprint density at radius 3 is 2.42 bits per heavy atom. The molecule has 3 aliphatic carbocycles. The molecular formula is C26H37N3O3S. The Labute approximate surface area is 201 Å². The molecule has 1 amide bonds. The highest BCUT2D eigenvalue weighted by atomic mass is 32.2. The van der Waals surface area contributed by atoms with E-state index in [0.717, 1.165) is 62.5 Å². The van der Waals surface area contributed by atoms with Crippen molar-refractivity contribution in [2.75, 3.05) is 18.0 Å². The Kier molecular flexibility index (Phi) is 6.86. The van der Waals surface area contributed by atoms with E-state index in [1.165, 1.54) is 44.9 Å². The monoisotopic (exact) mass is 471 g/mol. The van der Waals surface area contributed by atoms with Crippen molar-refractivity contribution in [2.45, 2.75) is 99.8 Å². The van der Waals surface area contributed by atoms with E-state index in [9.17, 15) is 14.7 Å². The van der Waals surface area contributed by atoms with E-state index < -0.39 is 11.4 Å². The van der Waals surface area contributed by atoms with E-state index in [4.69, 9.17) is 4.98 Å². The molecule has 0 bridgehead atoms. The molecule has 1 aromatic rings. The number of pyridine rings is 1. The quantitative estimate of drug-likeness (QED) is 0.564. The number of thioether (sulfide) groups is 1. The number of anilines is 1. The number of rotatable bonds is 7. The highest BCUT2D eigenvalue weighted by Gasteiger charge is 2.56. The summed E-state index contributed by atoms with van der Waals surface area (Å²) in [4.78, 5) is 32.4. The molecule has 0 radical (unpaired) electrons. The number of nitrogens with one attached hydrogen (secondary N) is 1. The topological polar surface area (TPSA) is 82.5 Å². The Morgan fingerprint density at radius 2 is 1.73 bits per heavy atom. The second-order valence-electron chi connectivity index (χ2n) is 10.6. The molecule has 1 saturated heterocycles. The Balaban J connectivity index is 1.35. The third-order valence-electron chi connectivity index (χ3n) is 8.35. The summed E-state index contributed by atoms with van der Waals surface area (Å²) in [6.45, 7) is 1.65. The van der Waals surface area contributed by atoms with Gasteiger partial charge in [-0.25, -0.2) is 4.98 Å². The molecule has 1 unspecified atom stereocenters. The number of carboxylic acid groups (broad SMARTS) is 1. The zero-order valence-corrected chi connectivity index (χ0v) is 20.4. The first-order valence-electron chi connectivity index (χ1n) is 13.0. The van der Waals surface area contributed by atoms with Crippen LogP contribution in [0.1, 0.15) is 93.8 Å². The van der Waals surface area contributed by atoms with E-state index >= 15 is 0 Å². The fourth-order valence-corrected chi connectivity index (χ4v) is 7.43. The summed E-state index contributed by atoms with van der Waals surface area (Å²) in [5, 5.41) is 14.4. The lowest BCUT2D eigenvalue weighted by Gasteiger charge is -2.36. The number of amides is 1. The number of nitrogens with zero attached hydrogens (tertiary/aromatic N) is 2. The van der Waals surface area contributed by atoms with Crippen molar-refractivity contribution in [3.63, 3.8) is 0 Å². The summed E-state index contributed by atoms with van der Waals surface area (Å²) in [6.07, 6.45) is 14.3. The Bertz CT molecular complexity index is 876. The predicted molar refractivity (Wildman–Crippen MR) is 131 cm³/mol. The van der Waals surface area contributed by atoms with Crippen LogP contribution in [-0.4, -0.2) is 46.3 Å². The summed E-state index contributed by atoms with van der Waals surface area (Å²) >= 11 is 1.78. The largest absolute Gasteiger partial charge is 0.481 e. The third-order valence-corrected chi connectivity index (χ3v) is 9.69. The second kappa shape index (κ2) is 9.85. The van der Waals surface area contributed by atoms with Crippen LogP contribution in [0, 0.1) is 11.3 Å². The van der Waals surface area contributed by atoms with Crippen LogP contribution >= 0.6 is 11.8 Å². The molecule has 3 saturated carbocycles. The van der Waals surface area contributed by atoms with Crippen LogP contribution < -0.4 is 10.2 Å². The molecule has 5 rings (SSSR count). The molecule has 180 valence electrons. The maximum atomic E-state index is 13.2. The van der Waals surface area contributed by atoms with E-state index in [-0.39, 0.29) is 17.9 Å². The molecule has 0 aromatic carbocycles. The van der Waals surface area contributed by atoms with Crippen molar-refractivity contribution < 1.29 is 14.7 Å². The Hall–Kier alpha value is -1.76. The predicted octanol–water partition coefficient (Wildman–Crippen LogP) is 5.26. The lowest BCUT2D eigenvalue weighted by atomic mass is 9.82. The molecule has 0 spiro atoms. The van der Waals surface area contributed by atoms with Crippen LogP contribution in [0.25, 0.3) is 0 Å². The van der Waals surface area contributed by atoms with Crippen LogP contribution in [-0.2, 0) is 4.79 Å². The number of carbonyl (C=O) groups excluding carboxylic acids is 1. The van der Waals surface area contributed by atoms with Crippen molar-refractivity contribution in [1.29, 1.82) is 0 Å². The van der Waals surface area contributed by atoms with Gasteiger partial charge in [0.25, 0.3) is 5.91 Å². The first-order chi connectivity index (χ1) is 16.0. The molecule has 7 heteroatoms. The standard InChI is InChI=1S/C26H37N3O3S/c30-23(27-19-8-2-1-3-9-19)21-12-13-22(28-24(21)33-20-10-4-5-11-20)29-16-6-7-18(17-29)26(14-15-26)25(31)32/h12-13,18-20H,1-11,14-17H2,(H,27,30)(H,31,32). The molecule has 1 aromatic heterocycles. The number of aromatic nitrogens is 1. The van der Waals surface area contributed by atoms with Crippen LogP contribution in [0.15, 0.2) is 17.2 Å². The highest BCUT2D eigenvalue weighted by Crippen LogP contribution is 2.55. The van der Waals surface area contributed by atoms with Gasteiger partial charge in [0.1, 0.15) is 10.8 Å². The van der Waals surface area contributed by atoms with Gasteiger partial charge in [0.15, 0.2) is 0 Å². The summed E-state index contributed by atoms with van der Waals surface area (Å²) in [5.74, 6) is 0.469. The van der Waals surface area contributed by atoms with Gasteiger partial charge in [0.05, 0.1) is 11.0 Å². The maximum Gasteiger partial charge on any atom is 0.309 e. The van der Waals surface area contributed by atoms with Crippen LogP contribution in [0.2, 0.25) is 0 Å². The Morgan fingerprint density at radius 1 is 1.00 bits per heavy atom. The van der Waals surface area contributed by atoms with Gasteiger partial charge in [0.2, 0.25) is 0 Å². The lowest BCUT2D eigenvalue weighted by Crippen LogP contribution is -2.42. The summed E-state index contributed by atoms with van der Waals surface area (Å²) in [5.41, 5.74) is 0.193. The minimum absolute atomic E-state index is 0.0146. The van der Waals surface area contributed by atoms with Gasteiger partial charge in [0, 0.05) is 24.4 Å². The normalized spacial score (nSPS) is 25.7. The van der Waals surface area contributed by atoms with Crippen molar-refractivity contribution in [3.05, 3.63) is 17.7 Å². The van der Waals surface area contributed by atoms with Gasteiger partial charge in [-0.3, -0.25) is 9.59 Å². The fourth-order valence-electron chi connectivity index (χ4n) is 6.11. The van der Waals surface area contributed by atoms with Gasteiger partial charge in [-0.2, -0.15) is 0 Å². The molecule has 33 heavy (non-hydrogen) atoms. The lowest BCUT2D eigenvalue weighted by molar-refractivity contribution is -0.145. The van der Waals surface area contributed by atoms with Crippen LogP contribution in [0.3, 0.4) is 0 Å². The van der Waals surface area contributed by atoms with Crippen molar-refractivity contribution >= 4 is 29.5 Å². The summed E-state index contributed by atoms with van der Waals surface area (Å²) < 4.78 is 0. The number of hydrogen-bond donors (Lipinski definition) is 2. The molecule has 4 aliphatic rings. The smallest absolute Gasteiger partial charge is 0.309 e. The van der Waals surface area contributed by atoms with E-state index in [2.05, 4.69) is 10.2 Å². The van der Waals surface area contributed by atoms with Crippen LogP contribution in [0.5, 0.6) is 0 Å². The number of hydrogen-bond acceptors (Lipinski definition) is 5. The maximum absolute atomic E-state index is 13.2. The number of piperidine rings is 1. The zero-order valence-electron chi connectivity index (χ0n) is 19.6. The third kappa shape index (κ3) is 5.03. The average molecular weight is 472 g/mol. The summed E-state index contributed by atoms with van der Waals surface area (Å²) in [7, 11) is 0. The molecule has 1 atom stereocenters. The molecular weight excluding hydrogens is 434 g/mol. The van der Waals surface area contributed by atoms with E-state index in [1.807, 2.05) is 12.1 Å². The number of aliphatic carboxylic acids is 1. The van der Waals surface area contributed by atoms with Crippen molar-refractivity contribution in [3.8, 4) is 0 Å². The van der Waals surface area contributed by atoms with E-state index in [0.29, 0.717) is 10.8 Å². The van der Waals surface area contributed by atoms with Gasteiger partial charge in [-0.15, -0.1) is 11.8 Å². The highest BCUT2D eigenvalue weighted by molar-refractivity contribution is 7.99. The van der Waals surface area contributed by atoms with Crippen molar-refractivity contribution in [2.24, 2.45) is 11.3 Å². The van der Waals surface area contributed by atoms with Gasteiger partial charge < -0.3 is 15.3 Å². The second-order valence-corrected chi connectivity index (χ2v) is 11.9. The minimum atomic E-state index is -0.630. The van der Waals surface area contributed by atoms with Gasteiger partial charge in [-0.05, 0) is 69.4 Å². The van der Waals surface area contributed by atoms with Crippen LogP contribution in [0.4, 0.5) is 5.82 Å². The van der Waals surface area contributed by atoms with Crippen molar-refractivity contribution in [1.82, 2.24) is 10.3 Å². The molecule has 2 N–H and O–H groups in total. The molecule has 6 nitrogen and oxygen atoms in total. The first-order valence-corrected chi connectivity index (χ1v) is 13.9. The van der Waals surface area contributed by atoms with Gasteiger partial charge in [-0.1, -0.05) is 32.1 Å². The molecule has 1 aliphatic heterocycles. The fraction of sp³-hybridized carbons (Fsp3) is 0.731. The number of carboxylic acids is 1. The van der Waals surface area contributed by atoms with Gasteiger partial charge >= 0.3 is 5.97 Å². The van der Waals surface area contributed by atoms with E-state index in [1.54, 1.807) is 11.8 Å².